The zero-order valence-electron chi connectivity index (χ0n) is 11.4. The van der Waals surface area contributed by atoms with Crippen LogP contribution in [0.1, 0.15) is 19.4 Å². The van der Waals surface area contributed by atoms with E-state index >= 15 is 0 Å². The maximum absolute atomic E-state index is 4.89. The van der Waals surface area contributed by atoms with E-state index in [0.717, 1.165) is 12.4 Å². The second kappa shape index (κ2) is 4.54. The van der Waals surface area contributed by atoms with Gasteiger partial charge in [0.05, 0.1) is 5.54 Å². The van der Waals surface area contributed by atoms with Gasteiger partial charge >= 0.3 is 0 Å². The molecule has 0 unspecified atom stereocenters. The molecule has 0 atom stereocenters. The fraction of sp³-hybridized carbons (Fsp3) is 0.235. The second-order valence-electron chi connectivity index (χ2n) is 5.54. The first-order valence-corrected chi connectivity index (χ1v) is 6.64. The maximum atomic E-state index is 4.89. The predicted molar refractivity (Wildman–Crippen MR) is 80.8 cm³/mol. The molecule has 0 N–H and O–H groups in total. The minimum Gasteiger partial charge on any atom is -0.324 e. The lowest BCUT2D eigenvalue weighted by atomic mass is 10.1. The summed E-state index contributed by atoms with van der Waals surface area (Å²) in [6.07, 6.45) is 0. The smallest absolute Gasteiger partial charge is 0.136 e. The largest absolute Gasteiger partial charge is 0.324 e. The number of benzene rings is 2. The fourth-order valence-corrected chi connectivity index (χ4v) is 2.47. The van der Waals surface area contributed by atoms with Crippen LogP contribution < -0.4 is 4.90 Å². The van der Waals surface area contributed by atoms with Gasteiger partial charge in [0.25, 0.3) is 0 Å². The van der Waals surface area contributed by atoms with Crippen molar-refractivity contribution in [1.82, 2.24) is 0 Å². The molecule has 0 aliphatic carbocycles. The molecule has 0 aromatic heterocycles. The van der Waals surface area contributed by atoms with Gasteiger partial charge < -0.3 is 4.90 Å². The highest BCUT2D eigenvalue weighted by Gasteiger charge is 2.32. The number of rotatable bonds is 2. The quantitative estimate of drug-likeness (QED) is 0.793. The van der Waals surface area contributed by atoms with E-state index in [1.165, 1.54) is 11.3 Å². The van der Waals surface area contributed by atoms with Crippen LogP contribution in [0.4, 0.5) is 5.69 Å². The zero-order valence-corrected chi connectivity index (χ0v) is 11.4. The van der Waals surface area contributed by atoms with Crippen molar-refractivity contribution >= 4 is 11.5 Å². The summed E-state index contributed by atoms with van der Waals surface area (Å²) in [5.74, 6) is 1.07. The SMILES string of the molecule is CC1(C)CN(c2ccccc2)C(c2ccccc2)=N1. The molecular formula is C17H18N2. The van der Waals surface area contributed by atoms with E-state index in [0.29, 0.717) is 0 Å². The van der Waals surface area contributed by atoms with Crippen molar-refractivity contribution in [2.75, 3.05) is 11.4 Å². The van der Waals surface area contributed by atoms with Crippen molar-refractivity contribution in [3.8, 4) is 0 Å². The lowest BCUT2D eigenvalue weighted by Gasteiger charge is -2.22. The van der Waals surface area contributed by atoms with Gasteiger partial charge in [-0.3, -0.25) is 4.99 Å². The molecule has 2 heteroatoms. The summed E-state index contributed by atoms with van der Waals surface area (Å²) in [6, 6.07) is 20.9. The van der Waals surface area contributed by atoms with Crippen molar-refractivity contribution in [3.63, 3.8) is 0 Å². The Morgan fingerprint density at radius 2 is 1.47 bits per heavy atom. The van der Waals surface area contributed by atoms with Crippen LogP contribution in [-0.4, -0.2) is 17.9 Å². The number of nitrogens with zero attached hydrogens (tertiary/aromatic N) is 2. The highest BCUT2D eigenvalue weighted by molar-refractivity contribution is 6.11. The highest BCUT2D eigenvalue weighted by atomic mass is 15.3. The van der Waals surface area contributed by atoms with Gasteiger partial charge in [-0.1, -0.05) is 48.5 Å². The summed E-state index contributed by atoms with van der Waals surface area (Å²) in [5, 5.41) is 0. The molecule has 0 radical (unpaired) electrons. The Bertz CT molecular complexity index is 585. The van der Waals surface area contributed by atoms with Gasteiger partial charge in [-0.25, -0.2) is 0 Å². The van der Waals surface area contributed by atoms with E-state index in [-0.39, 0.29) is 5.54 Å². The van der Waals surface area contributed by atoms with Crippen LogP contribution in [0.3, 0.4) is 0 Å². The molecule has 1 aliphatic rings. The molecule has 2 aromatic rings. The van der Waals surface area contributed by atoms with E-state index in [4.69, 9.17) is 4.99 Å². The van der Waals surface area contributed by atoms with Crippen molar-refractivity contribution in [2.45, 2.75) is 19.4 Å². The third-order valence-electron chi connectivity index (χ3n) is 3.31. The number of para-hydroxylation sites is 1. The number of anilines is 1. The van der Waals surface area contributed by atoms with E-state index in [1.54, 1.807) is 0 Å². The first-order valence-electron chi connectivity index (χ1n) is 6.64. The summed E-state index contributed by atoms with van der Waals surface area (Å²) in [4.78, 5) is 7.19. The Hall–Kier alpha value is -2.09. The van der Waals surface area contributed by atoms with Crippen molar-refractivity contribution < 1.29 is 0 Å². The summed E-state index contributed by atoms with van der Waals surface area (Å²) >= 11 is 0. The van der Waals surface area contributed by atoms with Crippen LogP contribution >= 0.6 is 0 Å². The Labute approximate surface area is 114 Å². The third-order valence-corrected chi connectivity index (χ3v) is 3.31. The molecule has 2 aromatic carbocycles. The maximum Gasteiger partial charge on any atom is 0.136 e. The fourth-order valence-electron chi connectivity index (χ4n) is 2.47. The topological polar surface area (TPSA) is 15.6 Å². The Morgan fingerprint density at radius 3 is 2.11 bits per heavy atom. The van der Waals surface area contributed by atoms with Gasteiger partial charge in [-0.15, -0.1) is 0 Å². The molecule has 0 saturated heterocycles. The van der Waals surface area contributed by atoms with Crippen LogP contribution in [0.25, 0.3) is 0 Å². The third kappa shape index (κ3) is 2.39. The Balaban J connectivity index is 2.04. The monoisotopic (exact) mass is 250 g/mol. The predicted octanol–water partition coefficient (Wildman–Crippen LogP) is 3.73. The average Bonchev–Trinajstić information content (AvgIpc) is 2.77. The lowest BCUT2D eigenvalue weighted by Crippen LogP contribution is -2.32. The van der Waals surface area contributed by atoms with E-state index < -0.39 is 0 Å². The minimum atomic E-state index is -0.0407. The summed E-state index contributed by atoms with van der Waals surface area (Å²) in [7, 11) is 0. The van der Waals surface area contributed by atoms with Crippen molar-refractivity contribution in [3.05, 3.63) is 66.2 Å². The molecule has 0 amide bonds. The molecule has 0 fully saturated rings. The molecule has 96 valence electrons. The number of aliphatic imine (C=N–C) groups is 1. The highest BCUT2D eigenvalue weighted by Crippen LogP contribution is 2.28. The van der Waals surface area contributed by atoms with Gasteiger partial charge in [0.15, 0.2) is 0 Å². The summed E-state index contributed by atoms with van der Waals surface area (Å²) in [5.41, 5.74) is 2.34. The van der Waals surface area contributed by atoms with E-state index in [9.17, 15) is 0 Å². The molecule has 0 bridgehead atoms. The first kappa shape index (κ1) is 12.0. The normalized spacial score (nSPS) is 17.4. The summed E-state index contributed by atoms with van der Waals surface area (Å²) < 4.78 is 0. The molecule has 2 nitrogen and oxygen atoms in total. The van der Waals surface area contributed by atoms with E-state index in [1.807, 2.05) is 12.1 Å². The van der Waals surface area contributed by atoms with Gasteiger partial charge in [-0.05, 0) is 26.0 Å². The van der Waals surface area contributed by atoms with Crippen LogP contribution in [-0.2, 0) is 0 Å². The van der Waals surface area contributed by atoms with Crippen LogP contribution in [0.2, 0.25) is 0 Å². The molecule has 0 saturated carbocycles. The van der Waals surface area contributed by atoms with Gasteiger partial charge in [-0.2, -0.15) is 0 Å². The van der Waals surface area contributed by atoms with E-state index in [2.05, 4.69) is 67.3 Å². The van der Waals surface area contributed by atoms with Gasteiger partial charge in [0, 0.05) is 17.8 Å². The number of hydrogen-bond acceptors (Lipinski definition) is 2. The Kier molecular flexibility index (Phi) is 2.86. The lowest BCUT2D eigenvalue weighted by molar-refractivity contribution is 0.565. The second-order valence-corrected chi connectivity index (χ2v) is 5.54. The number of hydrogen-bond donors (Lipinski definition) is 0. The molecule has 0 spiro atoms. The summed E-state index contributed by atoms with van der Waals surface area (Å²) in [6.45, 7) is 5.28. The molecule has 1 aliphatic heterocycles. The van der Waals surface area contributed by atoms with Crippen molar-refractivity contribution in [1.29, 1.82) is 0 Å². The minimum absolute atomic E-state index is 0.0407. The average molecular weight is 250 g/mol. The first-order chi connectivity index (χ1) is 9.16. The molecule has 19 heavy (non-hydrogen) atoms. The molecule has 1 heterocycles. The Morgan fingerprint density at radius 1 is 0.895 bits per heavy atom. The number of amidine groups is 1. The standard InChI is InChI=1S/C17H18N2/c1-17(2)13-19(15-11-7-4-8-12-15)16(18-17)14-9-5-3-6-10-14/h3-12H,13H2,1-2H3. The zero-order chi connectivity index (χ0) is 13.3. The molecular weight excluding hydrogens is 232 g/mol. The van der Waals surface area contributed by atoms with Crippen molar-refractivity contribution in [2.24, 2.45) is 4.99 Å². The van der Waals surface area contributed by atoms with Crippen LogP contribution in [0, 0.1) is 0 Å². The van der Waals surface area contributed by atoms with Crippen LogP contribution in [0.5, 0.6) is 0 Å². The van der Waals surface area contributed by atoms with Crippen LogP contribution in [0.15, 0.2) is 65.7 Å². The molecule has 3 rings (SSSR count). The van der Waals surface area contributed by atoms with Gasteiger partial charge in [0.2, 0.25) is 0 Å². The van der Waals surface area contributed by atoms with Gasteiger partial charge in [0.1, 0.15) is 5.84 Å².